The van der Waals surface area contributed by atoms with Crippen LogP contribution in [-0.4, -0.2) is 32.3 Å². The van der Waals surface area contributed by atoms with Crippen molar-refractivity contribution in [3.05, 3.63) is 64.7 Å². The van der Waals surface area contributed by atoms with Crippen LogP contribution in [0.25, 0.3) is 0 Å². The largest absolute Gasteiger partial charge is 0.416 e. The molecule has 0 spiro atoms. The Balaban J connectivity index is 1.76. The summed E-state index contributed by atoms with van der Waals surface area (Å²) in [5.74, 6) is -0.111. The van der Waals surface area contributed by atoms with Crippen molar-refractivity contribution in [3.8, 4) is 0 Å². The number of likely N-dealkylation sites (tertiary alicyclic amines) is 1. The highest BCUT2D eigenvalue weighted by atomic mass is 32.2. The molecule has 1 aliphatic heterocycles. The highest BCUT2D eigenvalue weighted by Crippen LogP contribution is 2.33. The molecule has 2 aromatic carbocycles. The fourth-order valence-corrected chi connectivity index (χ4v) is 4.30. The van der Waals surface area contributed by atoms with Gasteiger partial charge in [0, 0.05) is 25.2 Å². The summed E-state index contributed by atoms with van der Waals surface area (Å²) in [5.41, 5.74) is -0.0387. The van der Waals surface area contributed by atoms with E-state index in [2.05, 4.69) is 4.72 Å². The maximum Gasteiger partial charge on any atom is 0.416 e. The Hall–Kier alpha value is -2.39. The molecule has 0 aromatic heterocycles. The Morgan fingerprint density at radius 1 is 1.10 bits per heavy atom. The maximum absolute atomic E-state index is 13.1. The Morgan fingerprint density at radius 2 is 1.79 bits per heavy atom. The molecule has 1 amide bonds. The second kappa shape index (κ2) is 8.16. The number of halogens is 3. The van der Waals surface area contributed by atoms with E-state index in [-0.39, 0.29) is 18.0 Å². The highest BCUT2D eigenvalue weighted by Gasteiger charge is 2.33. The first-order valence-corrected chi connectivity index (χ1v) is 10.6. The number of hydrogen-bond donors (Lipinski definition) is 1. The van der Waals surface area contributed by atoms with E-state index in [1.807, 2.05) is 0 Å². The van der Waals surface area contributed by atoms with Crippen LogP contribution < -0.4 is 4.72 Å². The molecule has 5 nitrogen and oxygen atoms in total. The quantitative estimate of drug-likeness (QED) is 0.792. The average Bonchev–Trinajstić information content (AvgIpc) is 3.20. The minimum Gasteiger partial charge on any atom is -0.339 e. The number of carbonyl (C=O) groups is 1. The molecule has 0 bridgehead atoms. The van der Waals surface area contributed by atoms with Crippen molar-refractivity contribution in [2.45, 2.75) is 37.4 Å². The summed E-state index contributed by atoms with van der Waals surface area (Å²) in [6, 6.07) is 9.46. The Labute approximate surface area is 167 Å². The number of hydrogen-bond acceptors (Lipinski definition) is 3. The molecular formula is C20H21F3N2O3S. The van der Waals surface area contributed by atoms with Crippen molar-refractivity contribution < 1.29 is 26.4 Å². The first-order valence-electron chi connectivity index (χ1n) is 9.14. The number of alkyl halides is 3. The molecule has 1 fully saturated rings. The number of nitrogens with one attached hydrogen (secondary N) is 1. The van der Waals surface area contributed by atoms with E-state index in [0.29, 0.717) is 30.3 Å². The van der Waals surface area contributed by atoms with Crippen LogP contribution in [0, 0.1) is 6.92 Å². The van der Waals surface area contributed by atoms with Gasteiger partial charge in [-0.05, 0) is 55.2 Å². The van der Waals surface area contributed by atoms with E-state index in [1.165, 1.54) is 6.92 Å². The van der Waals surface area contributed by atoms with Crippen LogP contribution in [0.3, 0.4) is 0 Å². The number of benzene rings is 2. The minimum atomic E-state index is -4.64. The van der Waals surface area contributed by atoms with Crippen LogP contribution >= 0.6 is 0 Å². The van der Waals surface area contributed by atoms with Gasteiger partial charge in [0.05, 0.1) is 10.5 Å². The van der Waals surface area contributed by atoms with E-state index < -0.39 is 26.7 Å². The van der Waals surface area contributed by atoms with Crippen molar-refractivity contribution in [2.75, 3.05) is 13.1 Å². The molecular weight excluding hydrogens is 405 g/mol. The molecule has 1 N–H and O–H groups in total. The van der Waals surface area contributed by atoms with Gasteiger partial charge in [-0.1, -0.05) is 18.2 Å². The topological polar surface area (TPSA) is 66.5 Å². The van der Waals surface area contributed by atoms with Gasteiger partial charge in [0.15, 0.2) is 0 Å². The Kier molecular flexibility index (Phi) is 6.00. The molecule has 9 heteroatoms. The SMILES string of the molecule is Cc1ccc(S(=O)(=O)NCc2cccc(C(=O)N3CCCC3)c2)cc1C(F)(F)F. The zero-order valence-electron chi connectivity index (χ0n) is 15.8. The lowest BCUT2D eigenvalue weighted by Gasteiger charge is -2.16. The van der Waals surface area contributed by atoms with E-state index >= 15 is 0 Å². The zero-order valence-corrected chi connectivity index (χ0v) is 16.6. The second-order valence-corrected chi connectivity index (χ2v) is 8.77. The Bertz CT molecular complexity index is 1010. The zero-order chi connectivity index (χ0) is 21.2. The standard InChI is InChI=1S/C20H21F3N2O3S/c1-14-7-8-17(12-18(14)20(21,22)23)29(27,28)24-13-15-5-4-6-16(11-15)19(26)25-9-2-3-10-25/h4-8,11-12,24H,2-3,9-10,13H2,1H3. The molecule has 2 aromatic rings. The first-order chi connectivity index (χ1) is 13.6. The van der Waals surface area contributed by atoms with Gasteiger partial charge in [-0.2, -0.15) is 13.2 Å². The van der Waals surface area contributed by atoms with E-state index in [4.69, 9.17) is 0 Å². The predicted octanol–water partition coefficient (Wildman–Crippen LogP) is 3.73. The normalized spacial score (nSPS) is 15.0. The predicted molar refractivity (Wildman–Crippen MR) is 102 cm³/mol. The summed E-state index contributed by atoms with van der Waals surface area (Å²) in [4.78, 5) is 13.8. The van der Waals surface area contributed by atoms with Crippen molar-refractivity contribution in [1.82, 2.24) is 9.62 Å². The summed E-state index contributed by atoms with van der Waals surface area (Å²) in [6.45, 7) is 2.53. The van der Waals surface area contributed by atoms with E-state index in [1.54, 1.807) is 29.2 Å². The van der Waals surface area contributed by atoms with Gasteiger partial charge < -0.3 is 4.90 Å². The second-order valence-electron chi connectivity index (χ2n) is 7.00. The van der Waals surface area contributed by atoms with Gasteiger partial charge in [0.1, 0.15) is 0 Å². The molecule has 0 unspecified atom stereocenters. The lowest BCUT2D eigenvalue weighted by Crippen LogP contribution is -2.28. The minimum absolute atomic E-state index is 0.0513. The van der Waals surface area contributed by atoms with Crippen LogP contribution in [0.1, 0.15) is 39.9 Å². The fourth-order valence-electron chi connectivity index (χ4n) is 3.25. The van der Waals surface area contributed by atoms with Gasteiger partial charge in [-0.3, -0.25) is 4.79 Å². The molecule has 1 saturated heterocycles. The van der Waals surface area contributed by atoms with Crippen LogP contribution in [0.15, 0.2) is 47.4 Å². The van der Waals surface area contributed by atoms with Crippen molar-refractivity contribution in [3.63, 3.8) is 0 Å². The average molecular weight is 426 g/mol. The molecule has 1 aliphatic rings. The number of carbonyl (C=O) groups excluding carboxylic acids is 1. The lowest BCUT2D eigenvalue weighted by molar-refractivity contribution is -0.138. The van der Waals surface area contributed by atoms with Crippen molar-refractivity contribution >= 4 is 15.9 Å². The summed E-state index contributed by atoms with van der Waals surface area (Å²) in [7, 11) is -4.15. The van der Waals surface area contributed by atoms with Gasteiger partial charge in [-0.15, -0.1) is 0 Å². The van der Waals surface area contributed by atoms with Crippen LogP contribution in [0.2, 0.25) is 0 Å². The fraction of sp³-hybridized carbons (Fsp3) is 0.350. The molecule has 3 rings (SSSR count). The molecule has 156 valence electrons. The van der Waals surface area contributed by atoms with Gasteiger partial charge in [-0.25, -0.2) is 13.1 Å². The smallest absolute Gasteiger partial charge is 0.339 e. The van der Waals surface area contributed by atoms with Crippen LogP contribution in [0.5, 0.6) is 0 Å². The number of sulfonamides is 1. The maximum atomic E-state index is 13.1. The summed E-state index contributed by atoms with van der Waals surface area (Å²) in [5, 5.41) is 0. The third-order valence-corrected chi connectivity index (χ3v) is 6.26. The highest BCUT2D eigenvalue weighted by molar-refractivity contribution is 7.89. The molecule has 0 aliphatic carbocycles. The molecule has 0 atom stereocenters. The number of aryl methyl sites for hydroxylation is 1. The lowest BCUT2D eigenvalue weighted by atomic mass is 10.1. The van der Waals surface area contributed by atoms with E-state index in [9.17, 15) is 26.4 Å². The Morgan fingerprint density at radius 3 is 2.45 bits per heavy atom. The third kappa shape index (κ3) is 4.97. The molecule has 0 saturated carbocycles. The number of nitrogens with zero attached hydrogens (tertiary/aromatic N) is 1. The number of amides is 1. The summed E-state index contributed by atoms with van der Waals surface area (Å²) in [6.07, 6.45) is -2.72. The van der Waals surface area contributed by atoms with Gasteiger partial charge >= 0.3 is 6.18 Å². The third-order valence-electron chi connectivity index (χ3n) is 4.86. The van der Waals surface area contributed by atoms with Crippen molar-refractivity contribution in [1.29, 1.82) is 0 Å². The monoisotopic (exact) mass is 426 g/mol. The van der Waals surface area contributed by atoms with Crippen LogP contribution in [0.4, 0.5) is 13.2 Å². The van der Waals surface area contributed by atoms with Crippen LogP contribution in [-0.2, 0) is 22.7 Å². The van der Waals surface area contributed by atoms with Crippen molar-refractivity contribution in [2.24, 2.45) is 0 Å². The van der Waals surface area contributed by atoms with Gasteiger partial charge in [0.25, 0.3) is 5.91 Å². The molecule has 0 radical (unpaired) electrons. The first kappa shape index (κ1) is 21.3. The number of rotatable bonds is 5. The molecule has 1 heterocycles. The van der Waals surface area contributed by atoms with Gasteiger partial charge in [0.2, 0.25) is 10.0 Å². The summed E-state index contributed by atoms with van der Waals surface area (Å²) >= 11 is 0. The summed E-state index contributed by atoms with van der Waals surface area (Å²) < 4.78 is 66.4. The molecule has 29 heavy (non-hydrogen) atoms. The van der Waals surface area contributed by atoms with E-state index in [0.717, 1.165) is 25.0 Å².